The van der Waals surface area contributed by atoms with Crippen LogP contribution < -0.4 is 10.1 Å². The van der Waals surface area contributed by atoms with Crippen molar-refractivity contribution in [1.82, 2.24) is 5.32 Å². The van der Waals surface area contributed by atoms with Gasteiger partial charge in [0.2, 0.25) is 0 Å². The number of nitrogens with one attached hydrogen (secondary N) is 1. The molecule has 0 aromatic heterocycles. The molecule has 116 valence electrons. The van der Waals surface area contributed by atoms with Crippen LogP contribution in [0.2, 0.25) is 0 Å². The number of para-hydroxylation sites is 1. The molecule has 1 fully saturated rings. The molecule has 1 heterocycles. The third-order valence-corrected chi connectivity index (χ3v) is 5.44. The maximum absolute atomic E-state index is 5.95. The molecule has 0 amide bonds. The topological polar surface area (TPSA) is 21.3 Å². The monoisotopic (exact) mass is 287 g/mol. The lowest BCUT2D eigenvalue weighted by Gasteiger charge is -2.35. The minimum absolute atomic E-state index is 0.473. The van der Waals surface area contributed by atoms with E-state index < -0.39 is 0 Å². The highest BCUT2D eigenvalue weighted by Gasteiger charge is 2.30. The second-order valence-corrected chi connectivity index (χ2v) is 6.66. The Morgan fingerprint density at radius 2 is 2.00 bits per heavy atom. The molecular formula is C19H29NO. The number of hydrogen-bond acceptors (Lipinski definition) is 2. The molecule has 1 aromatic rings. The molecule has 0 spiro atoms. The molecule has 2 nitrogen and oxygen atoms in total. The van der Waals surface area contributed by atoms with Gasteiger partial charge in [0, 0.05) is 18.0 Å². The molecule has 2 aliphatic rings. The van der Waals surface area contributed by atoms with Gasteiger partial charge in [0.1, 0.15) is 5.75 Å². The van der Waals surface area contributed by atoms with Crippen molar-refractivity contribution in [3.63, 3.8) is 0 Å². The van der Waals surface area contributed by atoms with Crippen LogP contribution in [0.1, 0.15) is 63.1 Å². The number of benzene rings is 1. The molecule has 1 aromatic carbocycles. The first-order valence-corrected chi connectivity index (χ1v) is 8.81. The Balaban J connectivity index is 1.80. The standard InChI is InChI=1S/C19H29NO/c1-3-14-8-10-15(11-9-14)18(20-4-2)17-7-5-6-16-12-13-21-19(16)17/h5-7,14-15,18,20H,3-4,8-13H2,1-2H3. The van der Waals surface area contributed by atoms with E-state index in [1.165, 1.54) is 49.0 Å². The van der Waals surface area contributed by atoms with Crippen LogP contribution in [-0.4, -0.2) is 13.2 Å². The summed E-state index contributed by atoms with van der Waals surface area (Å²) in [5, 5.41) is 3.75. The van der Waals surface area contributed by atoms with Crippen molar-refractivity contribution in [1.29, 1.82) is 0 Å². The van der Waals surface area contributed by atoms with Gasteiger partial charge in [0.15, 0.2) is 0 Å². The van der Waals surface area contributed by atoms with Crippen LogP contribution in [0.3, 0.4) is 0 Å². The molecule has 1 aliphatic heterocycles. The molecule has 1 saturated carbocycles. The summed E-state index contributed by atoms with van der Waals surface area (Å²) in [5.74, 6) is 2.91. The van der Waals surface area contributed by atoms with Crippen molar-refractivity contribution < 1.29 is 4.74 Å². The zero-order valence-electron chi connectivity index (χ0n) is 13.5. The van der Waals surface area contributed by atoms with Gasteiger partial charge in [-0.2, -0.15) is 0 Å². The average molecular weight is 287 g/mol. The quantitative estimate of drug-likeness (QED) is 0.861. The second-order valence-electron chi connectivity index (χ2n) is 6.66. The Labute approximate surface area is 129 Å². The van der Waals surface area contributed by atoms with E-state index in [4.69, 9.17) is 4.74 Å². The smallest absolute Gasteiger partial charge is 0.127 e. The predicted molar refractivity (Wildman–Crippen MR) is 87.8 cm³/mol. The minimum atomic E-state index is 0.473. The van der Waals surface area contributed by atoms with E-state index in [0.717, 1.165) is 31.4 Å². The summed E-state index contributed by atoms with van der Waals surface area (Å²) in [4.78, 5) is 0. The number of hydrogen-bond donors (Lipinski definition) is 1. The summed E-state index contributed by atoms with van der Waals surface area (Å²) in [6.45, 7) is 6.44. The summed E-state index contributed by atoms with van der Waals surface area (Å²) in [6, 6.07) is 7.19. The molecule has 1 aliphatic carbocycles. The zero-order chi connectivity index (χ0) is 14.7. The van der Waals surface area contributed by atoms with Crippen molar-refractivity contribution in [3.8, 4) is 5.75 Å². The van der Waals surface area contributed by atoms with E-state index in [-0.39, 0.29) is 0 Å². The molecule has 2 heteroatoms. The largest absolute Gasteiger partial charge is 0.493 e. The van der Waals surface area contributed by atoms with Crippen molar-refractivity contribution in [3.05, 3.63) is 29.3 Å². The van der Waals surface area contributed by atoms with E-state index in [9.17, 15) is 0 Å². The molecule has 1 unspecified atom stereocenters. The Morgan fingerprint density at radius 1 is 1.19 bits per heavy atom. The number of rotatable bonds is 5. The lowest BCUT2D eigenvalue weighted by atomic mass is 9.75. The summed E-state index contributed by atoms with van der Waals surface area (Å²) in [7, 11) is 0. The highest BCUT2D eigenvalue weighted by atomic mass is 16.5. The fourth-order valence-corrected chi connectivity index (χ4v) is 4.17. The Hall–Kier alpha value is -1.02. The molecular weight excluding hydrogens is 258 g/mol. The third kappa shape index (κ3) is 3.11. The van der Waals surface area contributed by atoms with Gasteiger partial charge in [-0.25, -0.2) is 0 Å². The van der Waals surface area contributed by atoms with E-state index >= 15 is 0 Å². The van der Waals surface area contributed by atoms with Crippen LogP contribution in [0.15, 0.2) is 18.2 Å². The molecule has 0 bridgehead atoms. The molecule has 0 radical (unpaired) electrons. The normalized spacial score (nSPS) is 26.2. The first-order valence-electron chi connectivity index (χ1n) is 8.81. The van der Waals surface area contributed by atoms with Crippen LogP contribution >= 0.6 is 0 Å². The highest BCUT2D eigenvalue weighted by Crippen LogP contribution is 2.42. The van der Waals surface area contributed by atoms with E-state index in [0.29, 0.717) is 6.04 Å². The number of fused-ring (bicyclic) bond motifs is 1. The SMILES string of the molecule is CCNC(c1cccc2c1OCC2)C1CCC(CC)CC1. The Kier molecular flexibility index (Phi) is 4.84. The maximum Gasteiger partial charge on any atom is 0.127 e. The van der Waals surface area contributed by atoms with Crippen LogP contribution in [0.25, 0.3) is 0 Å². The van der Waals surface area contributed by atoms with E-state index in [2.05, 4.69) is 37.4 Å². The van der Waals surface area contributed by atoms with Crippen LogP contribution in [0.4, 0.5) is 0 Å². The van der Waals surface area contributed by atoms with Crippen molar-refractivity contribution in [2.75, 3.05) is 13.2 Å². The Bertz CT molecular complexity index is 463. The lowest BCUT2D eigenvalue weighted by Crippen LogP contribution is -2.31. The molecule has 1 N–H and O–H groups in total. The van der Waals surface area contributed by atoms with Crippen LogP contribution in [0, 0.1) is 11.8 Å². The predicted octanol–water partition coefficient (Wildman–Crippen LogP) is 4.49. The maximum atomic E-state index is 5.95. The highest BCUT2D eigenvalue weighted by molar-refractivity contribution is 5.46. The summed E-state index contributed by atoms with van der Waals surface area (Å²) in [5.41, 5.74) is 2.81. The first kappa shape index (κ1) is 14.9. The molecule has 1 atom stereocenters. The fourth-order valence-electron chi connectivity index (χ4n) is 4.17. The molecule has 3 rings (SSSR count). The van der Waals surface area contributed by atoms with Crippen molar-refractivity contribution in [2.24, 2.45) is 11.8 Å². The Morgan fingerprint density at radius 3 is 2.71 bits per heavy atom. The molecule has 21 heavy (non-hydrogen) atoms. The first-order chi connectivity index (χ1) is 10.3. The lowest BCUT2D eigenvalue weighted by molar-refractivity contribution is 0.217. The second kappa shape index (κ2) is 6.83. The molecule has 0 saturated heterocycles. The fraction of sp³-hybridized carbons (Fsp3) is 0.684. The summed E-state index contributed by atoms with van der Waals surface area (Å²) in [6.07, 6.45) is 7.95. The van der Waals surface area contributed by atoms with Gasteiger partial charge in [-0.1, -0.05) is 51.3 Å². The van der Waals surface area contributed by atoms with Crippen LogP contribution in [-0.2, 0) is 6.42 Å². The van der Waals surface area contributed by atoms with E-state index in [1.54, 1.807) is 0 Å². The summed E-state index contributed by atoms with van der Waals surface area (Å²) >= 11 is 0. The van der Waals surface area contributed by atoms with Gasteiger partial charge < -0.3 is 10.1 Å². The van der Waals surface area contributed by atoms with Gasteiger partial charge in [-0.3, -0.25) is 0 Å². The van der Waals surface area contributed by atoms with Gasteiger partial charge in [0.25, 0.3) is 0 Å². The van der Waals surface area contributed by atoms with Gasteiger partial charge in [-0.05, 0) is 36.8 Å². The minimum Gasteiger partial charge on any atom is -0.493 e. The van der Waals surface area contributed by atoms with Gasteiger partial charge in [0.05, 0.1) is 6.61 Å². The van der Waals surface area contributed by atoms with Gasteiger partial charge >= 0.3 is 0 Å². The van der Waals surface area contributed by atoms with E-state index in [1.807, 2.05) is 0 Å². The summed E-state index contributed by atoms with van der Waals surface area (Å²) < 4.78 is 5.95. The number of ether oxygens (including phenoxy) is 1. The average Bonchev–Trinajstić information content (AvgIpc) is 3.01. The van der Waals surface area contributed by atoms with Gasteiger partial charge in [-0.15, -0.1) is 0 Å². The third-order valence-electron chi connectivity index (χ3n) is 5.44. The zero-order valence-corrected chi connectivity index (χ0v) is 13.5. The van der Waals surface area contributed by atoms with Crippen molar-refractivity contribution in [2.45, 2.75) is 58.4 Å². The van der Waals surface area contributed by atoms with Crippen LogP contribution in [0.5, 0.6) is 5.75 Å². The van der Waals surface area contributed by atoms with Crippen molar-refractivity contribution >= 4 is 0 Å².